The molecule has 4 heteroatoms. The first kappa shape index (κ1) is 11.6. The number of fused-ring (bicyclic) bond motifs is 1. The van der Waals surface area contributed by atoms with E-state index in [9.17, 15) is 9.59 Å². The minimum absolute atomic E-state index is 0.00403. The van der Waals surface area contributed by atoms with Crippen LogP contribution >= 0.6 is 0 Å². The summed E-state index contributed by atoms with van der Waals surface area (Å²) in [6, 6.07) is 0. The topological polar surface area (TPSA) is 52.6 Å². The van der Waals surface area contributed by atoms with Crippen molar-refractivity contribution in [3.8, 4) is 0 Å². The number of hydrogen-bond acceptors (Lipinski definition) is 4. The first-order chi connectivity index (χ1) is 9.03. The standard InChI is InChI=1S/C15H18O4/c1-7-3-10-9(8(2)14(17)19-10)5-15-6-18-11(13(7)15)4-12(15)16/h7,9-11,13H,2-6H2,1H3/t7?,9-,10-,11-,13-,15+/m1/s1. The summed E-state index contributed by atoms with van der Waals surface area (Å²) >= 11 is 0. The van der Waals surface area contributed by atoms with Gasteiger partial charge in [0.05, 0.1) is 18.1 Å². The Bertz CT molecular complexity index is 496. The third-order valence-corrected chi connectivity index (χ3v) is 5.75. The van der Waals surface area contributed by atoms with Crippen molar-refractivity contribution in [3.05, 3.63) is 12.2 Å². The zero-order valence-corrected chi connectivity index (χ0v) is 11.1. The number of esters is 1. The summed E-state index contributed by atoms with van der Waals surface area (Å²) in [6.07, 6.45) is 2.07. The SMILES string of the molecule is C=C1C(=O)O[C@@H]2CC(C)[C@@H]3[C@H]4CC(=O)[C@@]3(CO4)C[C@H]12. The van der Waals surface area contributed by atoms with Crippen molar-refractivity contribution in [1.82, 2.24) is 0 Å². The fourth-order valence-corrected chi connectivity index (χ4v) is 4.91. The molecule has 2 heterocycles. The lowest BCUT2D eigenvalue weighted by atomic mass is 9.70. The van der Waals surface area contributed by atoms with E-state index in [1.54, 1.807) is 0 Å². The summed E-state index contributed by atoms with van der Waals surface area (Å²) in [7, 11) is 0. The third kappa shape index (κ3) is 1.28. The monoisotopic (exact) mass is 262 g/mol. The largest absolute Gasteiger partial charge is 0.458 e. The number of carbonyl (C=O) groups excluding carboxylic acids is 2. The van der Waals surface area contributed by atoms with Gasteiger partial charge in [0.1, 0.15) is 11.9 Å². The molecule has 4 aliphatic rings. The van der Waals surface area contributed by atoms with Gasteiger partial charge in [-0.15, -0.1) is 0 Å². The quantitative estimate of drug-likeness (QED) is 0.490. The Morgan fingerprint density at radius 2 is 2.11 bits per heavy atom. The lowest BCUT2D eigenvalue weighted by Crippen LogP contribution is -2.37. The van der Waals surface area contributed by atoms with Crippen molar-refractivity contribution < 1.29 is 19.1 Å². The van der Waals surface area contributed by atoms with Crippen LogP contribution in [0.4, 0.5) is 0 Å². The van der Waals surface area contributed by atoms with E-state index in [0.717, 1.165) is 6.42 Å². The lowest BCUT2D eigenvalue weighted by molar-refractivity contribution is -0.139. The Morgan fingerprint density at radius 1 is 1.32 bits per heavy atom. The number of carbonyl (C=O) groups is 2. The van der Waals surface area contributed by atoms with Gasteiger partial charge in [-0.3, -0.25) is 4.79 Å². The van der Waals surface area contributed by atoms with Crippen LogP contribution in [0.3, 0.4) is 0 Å². The normalized spacial score (nSPS) is 51.8. The molecule has 19 heavy (non-hydrogen) atoms. The van der Waals surface area contributed by atoms with Crippen molar-refractivity contribution in [3.63, 3.8) is 0 Å². The second kappa shape index (κ2) is 3.48. The number of Topliss-reactive ketones (excluding diaryl/α,β-unsaturated/α-hetero) is 1. The van der Waals surface area contributed by atoms with Gasteiger partial charge in [0.2, 0.25) is 0 Å². The fraction of sp³-hybridized carbons (Fsp3) is 0.733. The maximum Gasteiger partial charge on any atom is 0.334 e. The van der Waals surface area contributed by atoms with Crippen molar-refractivity contribution in [2.45, 2.75) is 38.4 Å². The molecule has 6 atom stereocenters. The van der Waals surface area contributed by atoms with Crippen LogP contribution in [-0.2, 0) is 19.1 Å². The molecule has 0 aromatic carbocycles. The average Bonchev–Trinajstić information content (AvgIpc) is 2.90. The predicted octanol–water partition coefficient (Wildman–Crippen LogP) is 1.49. The van der Waals surface area contributed by atoms with Crippen LogP contribution in [-0.4, -0.2) is 30.6 Å². The van der Waals surface area contributed by atoms with E-state index < -0.39 is 0 Å². The highest BCUT2D eigenvalue weighted by Crippen LogP contribution is 2.59. The van der Waals surface area contributed by atoms with Crippen molar-refractivity contribution >= 4 is 11.8 Å². The Labute approximate surface area is 112 Å². The molecule has 4 nitrogen and oxygen atoms in total. The molecule has 0 aromatic rings. The van der Waals surface area contributed by atoms with Gasteiger partial charge in [-0.25, -0.2) is 4.79 Å². The summed E-state index contributed by atoms with van der Waals surface area (Å²) in [4.78, 5) is 24.1. The molecule has 0 aromatic heterocycles. The van der Waals surface area contributed by atoms with Gasteiger partial charge in [-0.2, -0.15) is 0 Å². The first-order valence-electron chi connectivity index (χ1n) is 7.07. The van der Waals surface area contributed by atoms with Crippen LogP contribution in [0.1, 0.15) is 26.2 Å². The highest BCUT2D eigenvalue weighted by Gasteiger charge is 2.65. The summed E-state index contributed by atoms with van der Waals surface area (Å²) in [5, 5.41) is 0. The number of rotatable bonds is 0. The molecule has 0 N–H and O–H groups in total. The van der Waals surface area contributed by atoms with Crippen LogP contribution in [0, 0.1) is 23.2 Å². The average molecular weight is 262 g/mol. The molecule has 0 spiro atoms. The zero-order valence-electron chi connectivity index (χ0n) is 11.1. The van der Waals surface area contributed by atoms with E-state index in [2.05, 4.69) is 13.5 Å². The molecule has 0 radical (unpaired) electrons. The van der Waals surface area contributed by atoms with Crippen LogP contribution < -0.4 is 0 Å². The van der Waals surface area contributed by atoms with Gasteiger partial charge in [0, 0.05) is 23.8 Å². The van der Waals surface area contributed by atoms with Crippen LogP contribution in [0.2, 0.25) is 0 Å². The van der Waals surface area contributed by atoms with E-state index >= 15 is 0 Å². The van der Waals surface area contributed by atoms with E-state index in [-0.39, 0.29) is 29.5 Å². The second-order valence-electron chi connectivity index (χ2n) is 6.65. The Morgan fingerprint density at radius 3 is 2.84 bits per heavy atom. The molecule has 2 saturated heterocycles. The molecule has 4 fully saturated rings. The van der Waals surface area contributed by atoms with Crippen LogP contribution in [0.15, 0.2) is 12.2 Å². The number of ether oxygens (including phenoxy) is 2. The van der Waals surface area contributed by atoms with Gasteiger partial charge < -0.3 is 9.47 Å². The number of hydrogen-bond donors (Lipinski definition) is 0. The lowest BCUT2D eigenvalue weighted by Gasteiger charge is -2.30. The summed E-state index contributed by atoms with van der Waals surface area (Å²) in [5.74, 6) is 0.709. The molecule has 2 saturated carbocycles. The van der Waals surface area contributed by atoms with Gasteiger partial charge in [0.25, 0.3) is 0 Å². The van der Waals surface area contributed by atoms with E-state index in [0.29, 0.717) is 42.6 Å². The minimum Gasteiger partial charge on any atom is -0.458 e. The van der Waals surface area contributed by atoms with Crippen LogP contribution in [0.5, 0.6) is 0 Å². The summed E-state index contributed by atoms with van der Waals surface area (Å²) in [5.41, 5.74) is 0.177. The maximum atomic E-state index is 12.4. The minimum atomic E-state index is -0.375. The fourth-order valence-electron chi connectivity index (χ4n) is 4.91. The highest BCUT2D eigenvalue weighted by molar-refractivity contribution is 5.92. The number of ketones is 1. The van der Waals surface area contributed by atoms with E-state index in [1.807, 2.05) is 0 Å². The van der Waals surface area contributed by atoms with Crippen molar-refractivity contribution in [2.75, 3.05) is 6.61 Å². The smallest absolute Gasteiger partial charge is 0.334 e. The van der Waals surface area contributed by atoms with Gasteiger partial charge in [0.15, 0.2) is 0 Å². The van der Waals surface area contributed by atoms with Crippen LogP contribution in [0.25, 0.3) is 0 Å². The summed E-state index contributed by atoms with van der Waals surface area (Å²) < 4.78 is 11.3. The summed E-state index contributed by atoms with van der Waals surface area (Å²) in [6.45, 7) is 6.57. The molecular weight excluding hydrogens is 244 g/mol. The van der Waals surface area contributed by atoms with Crippen molar-refractivity contribution in [2.24, 2.45) is 23.2 Å². The molecular formula is C15H18O4. The Hall–Kier alpha value is -1.16. The molecule has 2 aliphatic carbocycles. The van der Waals surface area contributed by atoms with Gasteiger partial charge in [-0.1, -0.05) is 13.5 Å². The van der Waals surface area contributed by atoms with Crippen molar-refractivity contribution in [1.29, 1.82) is 0 Å². The predicted molar refractivity (Wildman–Crippen MR) is 66.2 cm³/mol. The maximum absolute atomic E-state index is 12.4. The van der Waals surface area contributed by atoms with E-state index in [1.165, 1.54) is 0 Å². The third-order valence-electron chi connectivity index (χ3n) is 5.75. The molecule has 4 rings (SSSR count). The zero-order chi connectivity index (χ0) is 13.4. The van der Waals surface area contributed by atoms with Gasteiger partial charge in [-0.05, 0) is 18.8 Å². The van der Waals surface area contributed by atoms with E-state index in [4.69, 9.17) is 9.47 Å². The second-order valence-corrected chi connectivity index (χ2v) is 6.65. The molecule has 0 amide bonds. The molecule has 1 unspecified atom stereocenters. The molecule has 2 bridgehead atoms. The molecule has 2 aliphatic heterocycles. The first-order valence-corrected chi connectivity index (χ1v) is 7.07. The Kier molecular flexibility index (Phi) is 2.13. The molecule has 102 valence electrons. The Balaban J connectivity index is 1.78. The highest BCUT2D eigenvalue weighted by atomic mass is 16.6. The van der Waals surface area contributed by atoms with Gasteiger partial charge >= 0.3 is 5.97 Å².